The fraction of sp³-hybridized carbons (Fsp3) is 0.263. The van der Waals surface area contributed by atoms with Crippen LogP contribution in [0.25, 0.3) is 21.7 Å². The maximum atomic E-state index is 7.55. The molecule has 3 heterocycles. The van der Waals surface area contributed by atoms with E-state index in [0.717, 1.165) is 17.1 Å². The van der Waals surface area contributed by atoms with Crippen LogP contribution in [0.3, 0.4) is 0 Å². The quantitative estimate of drug-likeness (QED) is 0.389. The van der Waals surface area contributed by atoms with Crippen molar-refractivity contribution >= 4 is 22.8 Å². The van der Waals surface area contributed by atoms with Crippen LogP contribution in [0.15, 0.2) is 40.6 Å². The summed E-state index contributed by atoms with van der Waals surface area (Å²) < 4.78 is 1.78. The molecule has 9 heteroatoms. The number of benzene rings is 1. The molecule has 1 aromatic carbocycles. The Labute approximate surface area is 161 Å². The van der Waals surface area contributed by atoms with Crippen molar-refractivity contribution in [3.8, 4) is 11.3 Å². The van der Waals surface area contributed by atoms with E-state index >= 15 is 0 Å². The molecule has 0 saturated heterocycles. The second-order valence-electron chi connectivity index (χ2n) is 7.44. The zero-order valence-corrected chi connectivity index (χ0v) is 16.0. The summed E-state index contributed by atoms with van der Waals surface area (Å²) in [6.07, 6.45) is 0. The number of rotatable bonds is 3. The summed E-state index contributed by atoms with van der Waals surface area (Å²) >= 11 is 0. The monoisotopic (exact) mass is 373 g/mol. The molecule has 3 aromatic heterocycles. The van der Waals surface area contributed by atoms with Crippen LogP contribution >= 0.6 is 0 Å². The lowest BCUT2D eigenvalue weighted by molar-refractivity contribution is 0.561. The minimum Gasteiger partial charge on any atom is -0.292 e. The Balaban J connectivity index is 1.81. The smallest absolute Gasteiger partial charge is 0.259 e. The number of nitrogens with one attached hydrogen (secondary N) is 2. The third-order valence-corrected chi connectivity index (χ3v) is 4.39. The summed E-state index contributed by atoms with van der Waals surface area (Å²) in [5.41, 5.74) is 3.69. The summed E-state index contributed by atoms with van der Waals surface area (Å²) in [7, 11) is 0. The van der Waals surface area contributed by atoms with E-state index in [2.05, 4.69) is 61.3 Å². The van der Waals surface area contributed by atoms with E-state index in [9.17, 15) is 0 Å². The van der Waals surface area contributed by atoms with Gasteiger partial charge in [-0.25, -0.2) is 9.36 Å². The van der Waals surface area contributed by atoms with E-state index < -0.39 is 0 Å². The van der Waals surface area contributed by atoms with Gasteiger partial charge in [0.15, 0.2) is 5.69 Å². The lowest BCUT2D eigenvalue weighted by Gasteiger charge is -2.16. The number of hydrogen-bond acceptors (Lipinski definition) is 5. The van der Waals surface area contributed by atoms with Crippen LogP contribution < -0.4 is 0 Å². The molecule has 0 fully saturated rings. The molecule has 140 valence electrons. The van der Waals surface area contributed by atoms with Gasteiger partial charge in [-0.15, -0.1) is 20.4 Å². The molecule has 0 aliphatic heterocycles. The van der Waals surface area contributed by atoms with E-state index in [-0.39, 0.29) is 11.2 Å². The second-order valence-corrected chi connectivity index (χ2v) is 7.44. The van der Waals surface area contributed by atoms with Crippen molar-refractivity contribution in [3.63, 3.8) is 0 Å². The van der Waals surface area contributed by atoms with Gasteiger partial charge >= 0.3 is 0 Å². The first-order chi connectivity index (χ1) is 13.4. The maximum absolute atomic E-state index is 7.55. The number of H-pyrrole nitrogens is 2. The summed E-state index contributed by atoms with van der Waals surface area (Å²) in [6.45, 7) is 15.6. The van der Waals surface area contributed by atoms with Gasteiger partial charge in [0.05, 0.1) is 18.0 Å². The summed E-state index contributed by atoms with van der Waals surface area (Å²) in [4.78, 5) is 3.61. The standard InChI is InChI=1S/C19H19N9/c1-11-21-26-18-15(16(19(2,3)4)27-28(11)18)23-25-17-14(20-5)13(22-24-17)12-9-7-6-8-10-12/h6-10,27H,1-4H3,(H,22,24). The van der Waals surface area contributed by atoms with Gasteiger partial charge in [-0.3, -0.25) is 10.2 Å². The van der Waals surface area contributed by atoms with Gasteiger partial charge in [0, 0.05) is 5.41 Å². The number of azo groups is 1. The molecule has 0 unspecified atom stereocenters. The van der Waals surface area contributed by atoms with Crippen molar-refractivity contribution in [2.45, 2.75) is 33.1 Å². The minimum atomic E-state index is -0.203. The van der Waals surface area contributed by atoms with E-state index in [4.69, 9.17) is 6.57 Å². The molecule has 0 aliphatic rings. The van der Waals surface area contributed by atoms with Gasteiger partial charge < -0.3 is 0 Å². The lowest BCUT2D eigenvalue weighted by atomic mass is 9.91. The molecule has 4 rings (SSSR count). The Kier molecular flexibility index (Phi) is 4.04. The van der Waals surface area contributed by atoms with E-state index in [1.165, 1.54) is 0 Å². The highest BCUT2D eigenvalue weighted by molar-refractivity contribution is 5.82. The molecule has 0 amide bonds. The largest absolute Gasteiger partial charge is 0.292 e. The Morgan fingerprint density at radius 3 is 2.54 bits per heavy atom. The van der Waals surface area contributed by atoms with E-state index in [0.29, 0.717) is 22.7 Å². The highest BCUT2D eigenvalue weighted by Crippen LogP contribution is 2.39. The van der Waals surface area contributed by atoms with Gasteiger partial charge in [-0.05, 0) is 12.5 Å². The number of fused-ring (bicyclic) bond motifs is 1. The average molecular weight is 373 g/mol. The van der Waals surface area contributed by atoms with Crippen LogP contribution in [0.2, 0.25) is 0 Å². The number of aromatic amines is 2. The summed E-state index contributed by atoms with van der Waals surface area (Å²) in [5, 5.41) is 27.3. The first kappa shape index (κ1) is 17.6. The molecule has 0 bridgehead atoms. The number of hydrogen-bond donors (Lipinski definition) is 2. The topological polar surface area (TPSA) is 104 Å². The summed E-state index contributed by atoms with van der Waals surface area (Å²) in [6, 6.07) is 9.56. The molecule has 9 nitrogen and oxygen atoms in total. The Bertz CT molecular complexity index is 1210. The van der Waals surface area contributed by atoms with Crippen molar-refractivity contribution in [2.75, 3.05) is 0 Å². The molecule has 2 N–H and O–H groups in total. The van der Waals surface area contributed by atoms with Crippen LogP contribution in [0, 0.1) is 13.5 Å². The molecule has 0 radical (unpaired) electrons. The van der Waals surface area contributed by atoms with Crippen molar-refractivity contribution < 1.29 is 0 Å². The van der Waals surface area contributed by atoms with Gasteiger partial charge in [0.25, 0.3) is 5.69 Å². The predicted octanol–water partition coefficient (Wildman–Crippen LogP) is 5.02. The first-order valence-corrected chi connectivity index (χ1v) is 8.77. The van der Waals surface area contributed by atoms with Crippen molar-refractivity contribution in [2.24, 2.45) is 10.2 Å². The Morgan fingerprint density at radius 2 is 1.86 bits per heavy atom. The molecule has 4 aromatic rings. The second kappa shape index (κ2) is 6.42. The highest BCUT2D eigenvalue weighted by Gasteiger charge is 2.25. The first-order valence-electron chi connectivity index (χ1n) is 8.77. The van der Waals surface area contributed by atoms with Gasteiger partial charge in [-0.1, -0.05) is 51.1 Å². The molecular weight excluding hydrogens is 354 g/mol. The van der Waals surface area contributed by atoms with Crippen LogP contribution in [-0.4, -0.2) is 30.0 Å². The van der Waals surface area contributed by atoms with Crippen LogP contribution in [0.1, 0.15) is 32.3 Å². The van der Waals surface area contributed by atoms with Gasteiger partial charge in [0.1, 0.15) is 5.82 Å². The molecule has 0 saturated carbocycles. The van der Waals surface area contributed by atoms with E-state index in [1.807, 2.05) is 37.3 Å². The summed E-state index contributed by atoms with van der Waals surface area (Å²) in [5.74, 6) is 0.972. The zero-order valence-electron chi connectivity index (χ0n) is 16.0. The molecular formula is C19H19N9. The van der Waals surface area contributed by atoms with Gasteiger partial charge in [0.2, 0.25) is 11.5 Å². The van der Waals surface area contributed by atoms with Crippen molar-refractivity contribution in [1.82, 2.24) is 30.0 Å². The van der Waals surface area contributed by atoms with Crippen molar-refractivity contribution in [1.29, 1.82) is 0 Å². The number of aromatic nitrogens is 6. The third kappa shape index (κ3) is 2.85. The molecule has 28 heavy (non-hydrogen) atoms. The normalized spacial score (nSPS) is 12.1. The van der Waals surface area contributed by atoms with Gasteiger partial charge in [-0.2, -0.15) is 5.10 Å². The predicted molar refractivity (Wildman–Crippen MR) is 105 cm³/mol. The SMILES string of the molecule is [C-]#[N+]c1c(N=Nc2c(C(C)(C)C)[nH]n3c(C)nnc23)n[nH]c1-c1ccccc1. The molecule has 0 spiro atoms. The minimum absolute atomic E-state index is 0.203. The third-order valence-electron chi connectivity index (χ3n) is 4.39. The van der Waals surface area contributed by atoms with Crippen LogP contribution in [0.4, 0.5) is 17.2 Å². The Hall–Kier alpha value is -3.80. The highest BCUT2D eigenvalue weighted by atomic mass is 15.4. The van der Waals surface area contributed by atoms with Crippen molar-refractivity contribution in [3.05, 3.63) is 53.3 Å². The molecule has 0 aliphatic carbocycles. The number of nitrogens with zero attached hydrogens (tertiary/aromatic N) is 7. The van der Waals surface area contributed by atoms with Crippen LogP contribution in [-0.2, 0) is 5.41 Å². The zero-order chi connectivity index (χ0) is 19.9. The van der Waals surface area contributed by atoms with E-state index in [1.54, 1.807) is 4.52 Å². The fourth-order valence-corrected chi connectivity index (χ4v) is 2.95. The van der Waals surface area contributed by atoms with Crippen LogP contribution in [0.5, 0.6) is 0 Å². The maximum Gasteiger partial charge on any atom is 0.259 e. The fourth-order valence-electron chi connectivity index (χ4n) is 2.95. The lowest BCUT2D eigenvalue weighted by Crippen LogP contribution is -2.12. The Morgan fingerprint density at radius 1 is 1.11 bits per heavy atom. The molecule has 0 atom stereocenters. The number of aryl methyl sites for hydroxylation is 1. The average Bonchev–Trinajstić information content (AvgIpc) is 3.35.